The number of hydrogen-bond donors (Lipinski definition) is 1. The van der Waals surface area contributed by atoms with Gasteiger partial charge in [0.15, 0.2) is 0 Å². The Labute approximate surface area is 112 Å². The van der Waals surface area contributed by atoms with E-state index in [9.17, 15) is 0 Å². The first-order chi connectivity index (χ1) is 8.52. The largest absolute Gasteiger partial charge is 0.382 e. The molecule has 18 heavy (non-hydrogen) atoms. The maximum atomic E-state index is 3.82. The Morgan fingerprint density at radius 2 is 2.11 bits per heavy atom. The van der Waals surface area contributed by atoms with Crippen LogP contribution in [-0.4, -0.2) is 6.04 Å². The third-order valence-electron chi connectivity index (χ3n) is 4.29. The molecule has 0 amide bonds. The van der Waals surface area contributed by atoms with Gasteiger partial charge in [0.25, 0.3) is 0 Å². The molecule has 1 unspecified atom stereocenters. The van der Waals surface area contributed by atoms with Crippen LogP contribution in [-0.2, 0) is 6.42 Å². The highest BCUT2D eigenvalue weighted by Gasteiger charge is 2.28. The van der Waals surface area contributed by atoms with Crippen molar-refractivity contribution in [3.05, 3.63) is 29.3 Å². The second-order valence-electron chi connectivity index (χ2n) is 6.56. The van der Waals surface area contributed by atoms with Gasteiger partial charge in [0.1, 0.15) is 0 Å². The van der Waals surface area contributed by atoms with E-state index in [1.54, 1.807) is 0 Å². The van der Waals surface area contributed by atoms with E-state index < -0.39 is 0 Å². The van der Waals surface area contributed by atoms with Crippen LogP contribution in [0.3, 0.4) is 0 Å². The Morgan fingerprint density at radius 1 is 1.33 bits per heavy atom. The lowest BCUT2D eigenvalue weighted by atomic mass is 9.75. The first-order valence-corrected chi connectivity index (χ1v) is 7.37. The molecule has 0 heterocycles. The van der Waals surface area contributed by atoms with Crippen molar-refractivity contribution in [1.29, 1.82) is 0 Å². The van der Waals surface area contributed by atoms with Gasteiger partial charge in [0.05, 0.1) is 0 Å². The van der Waals surface area contributed by atoms with E-state index in [1.165, 1.54) is 42.5 Å². The molecule has 0 aliphatic heterocycles. The summed E-state index contributed by atoms with van der Waals surface area (Å²) in [5, 5.41) is 3.82. The summed E-state index contributed by atoms with van der Waals surface area (Å²) in [6.45, 7) is 9.26. The highest BCUT2D eigenvalue weighted by atomic mass is 14.9. The monoisotopic (exact) mass is 245 g/mol. The zero-order valence-electron chi connectivity index (χ0n) is 12.3. The van der Waals surface area contributed by atoms with Gasteiger partial charge >= 0.3 is 0 Å². The smallest absolute Gasteiger partial charge is 0.0404 e. The quantitative estimate of drug-likeness (QED) is 0.795. The Morgan fingerprint density at radius 3 is 2.78 bits per heavy atom. The fourth-order valence-corrected chi connectivity index (χ4v) is 3.26. The summed E-state index contributed by atoms with van der Waals surface area (Å²) in [5.74, 6) is 0. The number of benzene rings is 1. The number of hydrogen-bond acceptors (Lipinski definition) is 1. The molecule has 0 aromatic heterocycles. The van der Waals surface area contributed by atoms with Gasteiger partial charge in [-0.3, -0.25) is 0 Å². The number of rotatable bonds is 3. The van der Waals surface area contributed by atoms with E-state index in [4.69, 9.17) is 0 Å². The van der Waals surface area contributed by atoms with E-state index in [0.29, 0.717) is 11.5 Å². The molecule has 100 valence electrons. The van der Waals surface area contributed by atoms with Crippen LogP contribution in [0.15, 0.2) is 18.2 Å². The maximum absolute atomic E-state index is 3.82. The molecule has 1 fully saturated rings. The molecule has 0 bridgehead atoms. The maximum Gasteiger partial charge on any atom is 0.0404 e. The summed E-state index contributed by atoms with van der Waals surface area (Å²) in [6, 6.07) is 7.29. The Kier molecular flexibility index (Phi) is 3.99. The molecule has 1 aliphatic carbocycles. The molecule has 1 atom stereocenters. The van der Waals surface area contributed by atoms with Gasteiger partial charge < -0.3 is 5.32 Å². The van der Waals surface area contributed by atoms with Crippen LogP contribution in [0.25, 0.3) is 0 Å². The third kappa shape index (κ3) is 3.07. The summed E-state index contributed by atoms with van der Waals surface area (Å²) >= 11 is 0. The minimum atomic E-state index is 0.505. The molecule has 0 radical (unpaired) electrons. The minimum Gasteiger partial charge on any atom is -0.382 e. The van der Waals surface area contributed by atoms with E-state index >= 15 is 0 Å². The van der Waals surface area contributed by atoms with E-state index in [2.05, 4.69) is 51.2 Å². The lowest BCUT2D eigenvalue weighted by molar-refractivity contribution is 0.229. The van der Waals surface area contributed by atoms with Gasteiger partial charge in [-0.1, -0.05) is 45.4 Å². The van der Waals surface area contributed by atoms with Crippen LogP contribution in [0.2, 0.25) is 0 Å². The Balaban J connectivity index is 2.14. The molecule has 1 heteroatoms. The summed E-state index contributed by atoms with van der Waals surface area (Å²) < 4.78 is 0. The minimum absolute atomic E-state index is 0.505. The van der Waals surface area contributed by atoms with Gasteiger partial charge in [-0.2, -0.15) is 0 Å². The fourth-order valence-electron chi connectivity index (χ4n) is 3.26. The van der Waals surface area contributed by atoms with Crippen LogP contribution >= 0.6 is 0 Å². The molecule has 0 saturated heterocycles. The van der Waals surface area contributed by atoms with Crippen molar-refractivity contribution in [2.75, 3.05) is 5.32 Å². The van der Waals surface area contributed by atoms with Crippen LogP contribution in [0, 0.1) is 12.3 Å². The molecule has 1 nitrogen and oxygen atoms in total. The second-order valence-corrected chi connectivity index (χ2v) is 6.56. The van der Waals surface area contributed by atoms with Gasteiger partial charge in [-0.05, 0) is 49.1 Å². The van der Waals surface area contributed by atoms with Crippen molar-refractivity contribution in [1.82, 2.24) is 0 Å². The first kappa shape index (κ1) is 13.5. The first-order valence-electron chi connectivity index (χ1n) is 7.37. The molecule has 1 aromatic rings. The average Bonchev–Trinajstić information content (AvgIpc) is 2.30. The predicted octanol–water partition coefficient (Wildman–Crippen LogP) is 4.94. The lowest BCUT2D eigenvalue weighted by Crippen LogP contribution is -2.32. The third-order valence-corrected chi connectivity index (χ3v) is 4.29. The highest BCUT2D eigenvalue weighted by Crippen LogP contribution is 2.37. The van der Waals surface area contributed by atoms with Gasteiger partial charge in [-0.15, -0.1) is 0 Å². The van der Waals surface area contributed by atoms with Crippen LogP contribution in [0.4, 0.5) is 5.69 Å². The highest BCUT2D eigenvalue weighted by molar-refractivity contribution is 5.57. The second kappa shape index (κ2) is 5.34. The van der Waals surface area contributed by atoms with Crippen LogP contribution in [0.5, 0.6) is 0 Å². The molecule has 1 N–H and O–H groups in total. The zero-order valence-corrected chi connectivity index (χ0v) is 12.3. The van der Waals surface area contributed by atoms with Gasteiger partial charge in [0, 0.05) is 11.7 Å². The average molecular weight is 245 g/mol. The molecular formula is C17H27N. The lowest BCUT2D eigenvalue weighted by Gasteiger charge is -2.36. The van der Waals surface area contributed by atoms with Crippen molar-refractivity contribution in [3.8, 4) is 0 Å². The molecule has 1 aromatic carbocycles. The fraction of sp³-hybridized carbons (Fsp3) is 0.647. The van der Waals surface area contributed by atoms with Crippen molar-refractivity contribution in [2.45, 2.75) is 65.8 Å². The van der Waals surface area contributed by atoms with Crippen LogP contribution in [0.1, 0.15) is 57.6 Å². The number of aryl methyl sites for hydroxylation is 2. The van der Waals surface area contributed by atoms with Crippen molar-refractivity contribution in [2.24, 2.45) is 5.41 Å². The number of nitrogens with one attached hydrogen (secondary N) is 1. The summed E-state index contributed by atoms with van der Waals surface area (Å²) in [5.41, 5.74) is 4.74. The van der Waals surface area contributed by atoms with Crippen molar-refractivity contribution in [3.63, 3.8) is 0 Å². The Bertz CT molecular complexity index is 406. The van der Waals surface area contributed by atoms with Gasteiger partial charge in [-0.25, -0.2) is 0 Å². The van der Waals surface area contributed by atoms with Crippen molar-refractivity contribution >= 4 is 5.69 Å². The summed E-state index contributed by atoms with van der Waals surface area (Å²) in [6.07, 6.45) is 6.46. The molecule has 2 rings (SSSR count). The SMILES string of the molecule is CCc1cccc(C)c1NC1CCCC(C)(C)C1. The number of anilines is 1. The summed E-state index contributed by atoms with van der Waals surface area (Å²) in [7, 11) is 0. The molecule has 1 saturated carbocycles. The van der Waals surface area contributed by atoms with E-state index in [-0.39, 0.29) is 0 Å². The normalized spacial score (nSPS) is 22.8. The molecule has 0 spiro atoms. The topological polar surface area (TPSA) is 12.0 Å². The summed E-state index contributed by atoms with van der Waals surface area (Å²) in [4.78, 5) is 0. The predicted molar refractivity (Wildman–Crippen MR) is 80.2 cm³/mol. The van der Waals surface area contributed by atoms with Crippen molar-refractivity contribution < 1.29 is 0 Å². The molecule has 1 aliphatic rings. The standard InChI is InChI=1S/C17H27N/c1-5-14-9-6-8-13(2)16(14)18-15-10-7-11-17(3,4)12-15/h6,8-9,15,18H,5,7,10-12H2,1-4H3. The molecular weight excluding hydrogens is 218 g/mol. The van der Waals surface area contributed by atoms with Gasteiger partial charge in [0.2, 0.25) is 0 Å². The van der Waals surface area contributed by atoms with E-state index in [0.717, 1.165) is 6.42 Å². The Hall–Kier alpha value is -0.980. The zero-order chi connectivity index (χ0) is 13.2. The van der Waals surface area contributed by atoms with E-state index in [1.807, 2.05) is 0 Å². The van der Waals surface area contributed by atoms with Crippen LogP contribution < -0.4 is 5.32 Å². The number of para-hydroxylation sites is 1.